The molecule has 4 aromatic rings. The molecule has 0 spiro atoms. The molecule has 0 saturated carbocycles. The second kappa shape index (κ2) is 9.25. The van der Waals surface area contributed by atoms with Crippen LogP contribution in [-0.4, -0.2) is 31.2 Å². The Labute approximate surface area is 190 Å². The molecule has 0 saturated heterocycles. The van der Waals surface area contributed by atoms with Crippen LogP contribution >= 0.6 is 23.4 Å². The fourth-order valence-corrected chi connectivity index (χ4v) is 4.09. The summed E-state index contributed by atoms with van der Waals surface area (Å²) in [6.07, 6.45) is -2.17. The number of furan rings is 1. The van der Waals surface area contributed by atoms with E-state index >= 15 is 0 Å². The monoisotopic (exact) mass is 480 g/mol. The van der Waals surface area contributed by atoms with Crippen LogP contribution in [0.5, 0.6) is 0 Å². The van der Waals surface area contributed by atoms with E-state index in [1.807, 2.05) is 30.3 Å². The van der Waals surface area contributed by atoms with Crippen LogP contribution in [0.1, 0.15) is 16.9 Å². The van der Waals surface area contributed by atoms with Crippen LogP contribution in [0.25, 0.3) is 5.65 Å². The number of benzene rings is 1. The van der Waals surface area contributed by atoms with E-state index in [0.29, 0.717) is 12.3 Å². The van der Waals surface area contributed by atoms with E-state index in [-0.39, 0.29) is 34.0 Å². The number of aromatic nitrogens is 3. The lowest BCUT2D eigenvalue weighted by atomic mass is 10.2. The third-order valence-corrected chi connectivity index (χ3v) is 5.78. The van der Waals surface area contributed by atoms with Gasteiger partial charge in [-0.25, -0.2) is 0 Å². The van der Waals surface area contributed by atoms with Gasteiger partial charge in [0.2, 0.25) is 5.91 Å². The number of hydrogen-bond acceptors (Lipinski definition) is 5. The number of nitrogens with zero attached hydrogens (tertiary/aromatic N) is 4. The zero-order valence-electron chi connectivity index (χ0n) is 16.4. The van der Waals surface area contributed by atoms with Crippen LogP contribution < -0.4 is 0 Å². The van der Waals surface area contributed by atoms with E-state index in [9.17, 15) is 18.0 Å². The van der Waals surface area contributed by atoms with Crippen LogP contribution in [0.3, 0.4) is 0 Å². The van der Waals surface area contributed by atoms with Crippen LogP contribution in [0.15, 0.2) is 70.6 Å². The number of alkyl halides is 3. The number of halogens is 4. The molecular formula is C21H16ClF3N4O2S. The number of carbonyl (C=O) groups excluding carboxylic acids is 1. The molecule has 4 rings (SSSR count). The van der Waals surface area contributed by atoms with Gasteiger partial charge in [0.1, 0.15) is 5.76 Å². The van der Waals surface area contributed by atoms with Crippen molar-refractivity contribution in [3.05, 3.63) is 82.9 Å². The zero-order valence-corrected chi connectivity index (χ0v) is 18.0. The summed E-state index contributed by atoms with van der Waals surface area (Å²) in [6, 6.07) is 13.8. The molecule has 3 aromatic heterocycles. The SMILES string of the molecule is O=C(CSc1nnc2c(Cl)cc(C(F)(F)F)cn12)N(Cc1ccccc1)Cc1ccco1. The average molecular weight is 481 g/mol. The van der Waals surface area contributed by atoms with Gasteiger partial charge in [0, 0.05) is 12.7 Å². The molecule has 6 nitrogen and oxygen atoms in total. The predicted octanol–water partition coefficient (Wildman–Crippen LogP) is 5.32. The maximum Gasteiger partial charge on any atom is 0.417 e. The molecule has 32 heavy (non-hydrogen) atoms. The average Bonchev–Trinajstić information content (AvgIpc) is 3.42. The first-order valence-corrected chi connectivity index (χ1v) is 10.8. The van der Waals surface area contributed by atoms with Crippen molar-refractivity contribution in [3.8, 4) is 0 Å². The van der Waals surface area contributed by atoms with E-state index in [0.717, 1.165) is 34.0 Å². The first-order valence-electron chi connectivity index (χ1n) is 9.39. The normalized spacial score (nSPS) is 11.8. The number of amides is 1. The van der Waals surface area contributed by atoms with Crippen LogP contribution in [0.2, 0.25) is 5.02 Å². The Bertz CT molecular complexity index is 1210. The first-order chi connectivity index (χ1) is 15.3. The Hall–Kier alpha value is -2.98. The minimum absolute atomic E-state index is 0.0534. The van der Waals surface area contributed by atoms with Crippen molar-refractivity contribution in [2.75, 3.05) is 5.75 Å². The van der Waals surface area contributed by atoms with Gasteiger partial charge in [-0.15, -0.1) is 10.2 Å². The molecule has 0 unspecified atom stereocenters. The van der Waals surface area contributed by atoms with Gasteiger partial charge in [-0.2, -0.15) is 13.2 Å². The first kappa shape index (κ1) is 22.2. The Kier molecular flexibility index (Phi) is 6.43. The molecule has 0 aliphatic carbocycles. The molecule has 1 amide bonds. The highest BCUT2D eigenvalue weighted by molar-refractivity contribution is 7.99. The molecule has 1 aromatic carbocycles. The van der Waals surface area contributed by atoms with Crippen LogP contribution in [0, 0.1) is 0 Å². The largest absolute Gasteiger partial charge is 0.467 e. The lowest BCUT2D eigenvalue weighted by Gasteiger charge is -2.21. The number of hydrogen-bond donors (Lipinski definition) is 0. The highest BCUT2D eigenvalue weighted by atomic mass is 35.5. The van der Waals surface area contributed by atoms with Crippen molar-refractivity contribution in [2.45, 2.75) is 24.4 Å². The maximum absolute atomic E-state index is 13.2. The van der Waals surface area contributed by atoms with Gasteiger partial charge in [-0.1, -0.05) is 53.7 Å². The Morgan fingerprint density at radius 3 is 2.59 bits per heavy atom. The minimum Gasteiger partial charge on any atom is -0.467 e. The molecule has 0 aliphatic rings. The molecular weight excluding hydrogens is 465 g/mol. The third-order valence-electron chi connectivity index (χ3n) is 4.58. The van der Waals surface area contributed by atoms with E-state index < -0.39 is 11.7 Å². The Morgan fingerprint density at radius 2 is 1.91 bits per heavy atom. The fraction of sp³-hybridized carbons (Fsp3) is 0.190. The van der Waals surface area contributed by atoms with Gasteiger partial charge in [0.05, 0.1) is 29.1 Å². The molecule has 0 atom stereocenters. The summed E-state index contributed by atoms with van der Waals surface area (Å²) in [6.45, 7) is 0.609. The lowest BCUT2D eigenvalue weighted by Crippen LogP contribution is -2.31. The molecule has 166 valence electrons. The Morgan fingerprint density at radius 1 is 1.12 bits per heavy atom. The van der Waals surface area contributed by atoms with Crippen molar-refractivity contribution < 1.29 is 22.4 Å². The van der Waals surface area contributed by atoms with Gasteiger partial charge < -0.3 is 9.32 Å². The second-order valence-corrected chi connectivity index (χ2v) is 8.20. The molecule has 0 N–H and O–H groups in total. The van der Waals surface area contributed by atoms with E-state index in [2.05, 4.69) is 10.2 Å². The number of pyridine rings is 1. The summed E-state index contributed by atoms with van der Waals surface area (Å²) < 4.78 is 46.0. The molecule has 0 aliphatic heterocycles. The molecule has 0 fully saturated rings. The van der Waals surface area contributed by atoms with Gasteiger partial charge in [0.15, 0.2) is 10.8 Å². The number of thioether (sulfide) groups is 1. The standard InChI is InChI=1S/C21H16ClF3N4O2S/c22-17-9-15(21(23,24)25)11-29-19(17)26-27-20(29)32-13-18(30)28(12-16-7-4-8-31-16)10-14-5-2-1-3-6-14/h1-9,11H,10,12-13H2. The quantitative estimate of drug-likeness (QED) is 0.335. The fourth-order valence-electron chi connectivity index (χ4n) is 3.03. The third kappa shape index (κ3) is 5.08. The van der Waals surface area contributed by atoms with Crippen molar-refractivity contribution >= 4 is 34.9 Å². The summed E-state index contributed by atoms with van der Waals surface area (Å²) >= 11 is 6.93. The topological polar surface area (TPSA) is 63.6 Å². The molecule has 0 radical (unpaired) electrons. The summed E-state index contributed by atoms with van der Waals surface area (Å²) in [5, 5.41) is 7.72. The molecule has 11 heteroatoms. The Balaban J connectivity index is 1.53. The summed E-state index contributed by atoms with van der Waals surface area (Å²) in [5.74, 6) is 0.334. The van der Waals surface area contributed by atoms with Gasteiger partial charge in [-0.3, -0.25) is 9.20 Å². The van der Waals surface area contributed by atoms with Crippen molar-refractivity contribution in [3.63, 3.8) is 0 Å². The highest BCUT2D eigenvalue weighted by Crippen LogP contribution is 2.33. The second-order valence-electron chi connectivity index (χ2n) is 6.85. The van der Waals surface area contributed by atoms with Crippen molar-refractivity contribution in [1.29, 1.82) is 0 Å². The van der Waals surface area contributed by atoms with Crippen LogP contribution in [0.4, 0.5) is 13.2 Å². The van der Waals surface area contributed by atoms with Gasteiger partial charge >= 0.3 is 6.18 Å². The maximum atomic E-state index is 13.2. The number of rotatable bonds is 7. The molecule has 3 heterocycles. The summed E-state index contributed by atoms with van der Waals surface area (Å²) in [4.78, 5) is 14.6. The van der Waals surface area contributed by atoms with Crippen molar-refractivity contribution in [1.82, 2.24) is 19.5 Å². The van der Waals surface area contributed by atoms with E-state index in [1.54, 1.807) is 17.0 Å². The number of fused-ring (bicyclic) bond motifs is 1. The highest BCUT2D eigenvalue weighted by Gasteiger charge is 2.32. The van der Waals surface area contributed by atoms with Gasteiger partial charge in [0.25, 0.3) is 0 Å². The number of carbonyl (C=O) groups is 1. The summed E-state index contributed by atoms with van der Waals surface area (Å²) in [7, 11) is 0. The van der Waals surface area contributed by atoms with E-state index in [1.165, 1.54) is 6.26 Å². The molecule has 0 bridgehead atoms. The summed E-state index contributed by atoms with van der Waals surface area (Å²) in [5.41, 5.74) is 0.102. The smallest absolute Gasteiger partial charge is 0.417 e. The minimum atomic E-state index is -4.57. The van der Waals surface area contributed by atoms with Crippen molar-refractivity contribution in [2.24, 2.45) is 0 Å². The zero-order chi connectivity index (χ0) is 22.7. The van der Waals surface area contributed by atoms with E-state index in [4.69, 9.17) is 16.0 Å². The predicted molar refractivity (Wildman–Crippen MR) is 113 cm³/mol. The van der Waals surface area contributed by atoms with Gasteiger partial charge in [-0.05, 0) is 23.8 Å². The van der Waals surface area contributed by atoms with Crippen LogP contribution in [-0.2, 0) is 24.1 Å². The lowest BCUT2D eigenvalue weighted by molar-refractivity contribution is -0.138.